The van der Waals surface area contributed by atoms with Crippen molar-refractivity contribution in [2.24, 2.45) is 27.1 Å². The summed E-state index contributed by atoms with van der Waals surface area (Å²) in [4.78, 5) is 42.0. The molecule has 0 spiro atoms. The number of carbonyl (C=O) groups is 2. The third-order valence-electron chi connectivity index (χ3n) is 14.2. The van der Waals surface area contributed by atoms with Gasteiger partial charge in [-0.25, -0.2) is 9.97 Å². The maximum absolute atomic E-state index is 15.8. The molecule has 65 heavy (non-hydrogen) atoms. The van der Waals surface area contributed by atoms with Gasteiger partial charge in [0.05, 0.1) is 10.7 Å². The van der Waals surface area contributed by atoms with E-state index in [1.807, 2.05) is 24.3 Å². The summed E-state index contributed by atoms with van der Waals surface area (Å²) in [5, 5.41) is 15.3. The van der Waals surface area contributed by atoms with Gasteiger partial charge in [-0.05, 0) is 90.6 Å². The number of esters is 2. The van der Waals surface area contributed by atoms with Gasteiger partial charge in [0.1, 0.15) is 17.1 Å². The Hall–Kier alpha value is -5.30. The van der Waals surface area contributed by atoms with Crippen LogP contribution in [0.2, 0.25) is 0 Å². The zero-order chi connectivity index (χ0) is 48.0. The zero-order valence-electron chi connectivity index (χ0n) is 42.2. The summed E-state index contributed by atoms with van der Waals surface area (Å²) in [6, 6.07) is 8.19. The van der Waals surface area contributed by atoms with Gasteiger partial charge in [-0.15, -0.1) is 0 Å². The van der Waals surface area contributed by atoms with Crippen LogP contribution >= 0.6 is 0 Å². The highest BCUT2D eigenvalue weighted by Gasteiger charge is 2.51. The Kier molecular flexibility index (Phi) is 11.7. The number of carbonyl (C=O) groups excluding carboxylic acids is 2. The van der Waals surface area contributed by atoms with Gasteiger partial charge in [-0.3, -0.25) is 9.59 Å². The minimum Gasteiger partial charge on any atom is -0.507 e. The number of aromatic nitrogens is 2. The molecule has 3 aromatic rings. The Morgan fingerprint density at radius 3 is 1.40 bits per heavy atom. The molecule has 0 fully saturated rings. The standard InChI is InChI=1S/C58H72N2O5/c1-18-19-22-58(29-36-25-41(52(4,5)6)49(61)42(26-36)53(7,8)9,50(62)64-45-32-56(14,15)34(2)39-27-37-20-23-54(10,11)30-43(37)59-47(39)45)51(63)65-46-33-57(16,17)35(3)40-28-38-21-24-55(12,13)31-44(38)60-48(40)46/h20-21,23-28,30-33,61H,18-19,22,29H2,1-17H3. The minimum atomic E-state index is -1.82. The molecular weight excluding hydrogens is 805 g/mol. The molecule has 7 heteroatoms. The molecule has 0 amide bonds. The van der Waals surface area contributed by atoms with Crippen LogP contribution in [0.15, 0.2) is 48.6 Å². The van der Waals surface area contributed by atoms with Crippen molar-refractivity contribution in [1.29, 1.82) is 0 Å². The van der Waals surface area contributed by atoms with Crippen LogP contribution in [0.1, 0.15) is 176 Å². The number of rotatable bonds is 9. The average molecular weight is 877 g/mol. The fraction of sp³-hybridized carbons (Fsp3) is 0.483. The number of benzene rings is 1. The summed E-state index contributed by atoms with van der Waals surface area (Å²) < 4.78 is 13.5. The van der Waals surface area contributed by atoms with Crippen molar-refractivity contribution >= 4 is 58.9 Å². The maximum atomic E-state index is 15.8. The molecule has 0 aliphatic heterocycles. The first-order chi connectivity index (χ1) is 29.9. The van der Waals surface area contributed by atoms with Crippen molar-refractivity contribution < 1.29 is 24.2 Å². The smallest absolute Gasteiger partial charge is 0.329 e. The highest BCUT2D eigenvalue weighted by atomic mass is 16.6. The summed E-state index contributed by atoms with van der Waals surface area (Å²) in [7, 11) is 0. The van der Waals surface area contributed by atoms with Gasteiger partial charge in [-0.2, -0.15) is 0 Å². The molecule has 2 heterocycles. The predicted octanol–water partition coefficient (Wildman–Crippen LogP) is 10.8. The number of hydrogen-bond donors (Lipinski definition) is 1. The number of aromatic hydroxyl groups is 1. The van der Waals surface area contributed by atoms with Crippen LogP contribution in [0.25, 0.3) is 47.0 Å². The van der Waals surface area contributed by atoms with Gasteiger partial charge in [0, 0.05) is 43.2 Å². The number of pyridine rings is 2. The number of phenols is 1. The van der Waals surface area contributed by atoms with E-state index in [1.54, 1.807) is 0 Å². The third-order valence-corrected chi connectivity index (χ3v) is 14.2. The van der Waals surface area contributed by atoms with Gasteiger partial charge < -0.3 is 14.6 Å². The number of phenolic OH excluding ortho intramolecular Hbond substituents is 1. The lowest BCUT2D eigenvalue weighted by molar-refractivity contribution is -0.165. The lowest BCUT2D eigenvalue weighted by Crippen LogP contribution is -2.45. The van der Waals surface area contributed by atoms with E-state index in [1.165, 1.54) is 0 Å². The molecule has 1 aromatic carbocycles. The van der Waals surface area contributed by atoms with Gasteiger partial charge >= 0.3 is 11.9 Å². The second-order valence-electron chi connectivity index (χ2n) is 23.7. The first-order valence-electron chi connectivity index (χ1n) is 23.6. The Labute approximate surface area is 387 Å². The van der Waals surface area contributed by atoms with E-state index in [-0.39, 0.29) is 29.4 Å². The molecule has 1 N–H and O–H groups in total. The molecule has 7 rings (SSSR count). The second-order valence-corrected chi connectivity index (χ2v) is 23.7. The summed E-state index contributed by atoms with van der Waals surface area (Å²) >= 11 is 0. The summed E-state index contributed by atoms with van der Waals surface area (Å²) in [5.41, 5.74) is 3.46. The second kappa shape index (κ2) is 15.9. The highest BCUT2D eigenvalue weighted by molar-refractivity contribution is 6.04. The SMILES string of the molecule is CCCCC(Cc1cc(C(C)(C)C)c(O)c(C(C)(C)C)c1)(C(=O)OC1=CC(C)(C)C(C)=c2cc3c(nc21)=CC(C)(C)C=C3)C(=O)OC1=CC(C)(C)C(C)=c2cc3c(nc21)=CC(C)(C)C=C3. The fourth-order valence-corrected chi connectivity index (χ4v) is 9.48. The van der Waals surface area contributed by atoms with Crippen LogP contribution in [0.5, 0.6) is 5.75 Å². The fourth-order valence-electron chi connectivity index (χ4n) is 9.48. The predicted molar refractivity (Wildman–Crippen MR) is 267 cm³/mol. The monoisotopic (exact) mass is 877 g/mol. The minimum absolute atomic E-state index is 0.0186. The van der Waals surface area contributed by atoms with E-state index < -0.39 is 39.0 Å². The largest absolute Gasteiger partial charge is 0.507 e. The molecule has 4 aliphatic carbocycles. The maximum Gasteiger partial charge on any atom is 0.329 e. The van der Waals surface area contributed by atoms with E-state index in [0.717, 1.165) is 66.5 Å². The van der Waals surface area contributed by atoms with Crippen LogP contribution < -0.4 is 21.1 Å². The zero-order valence-corrected chi connectivity index (χ0v) is 42.2. The molecule has 344 valence electrons. The number of ether oxygens (including phenoxy) is 2. The van der Waals surface area contributed by atoms with E-state index >= 15 is 9.59 Å². The highest BCUT2D eigenvalue weighted by Crippen LogP contribution is 2.45. The van der Waals surface area contributed by atoms with Crippen molar-refractivity contribution in [3.05, 3.63) is 109 Å². The van der Waals surface area contributed by atoms with Gasteiger partial charge in [0.15, 0.2) is 16.9 Å². The Bertz CT molecular complexity index is 2730. The molecule has 0 bridgehead atoms. The average Bonchev–Trinajstić information content (AvgIpc) is 3.18. The molecule has 0 saturated heterocycles. The van der Waals surface area contributed by atoms with E-state index in [0.29, 0.717) is 29.3 Å². The molecule has 7 nitrogen and oxygen atoms in total. The summed E-state index contributed by atoms with van der Waals surface area (Å²) in [6.45, 7) is 35.6. The molecule has 0 saturated carbocycles. The number of allylic oxidation sites excluding steroid dienone is 4. The molecule has 2 aromatic heterocycles. The Balaban J connectivity index is 1.44. The van der Waals surface area contributed by atoms with Crippen LogP contribution in [-0.4, -0.2) is 27.0 Å². The number of nitrogens with zero attached hydrogens (tertiary/aromatic N) is 2. The third kappa shape index (κ3) is 9.01. The Morgan fingerprint density at radius 1 is 0.631 bits per heavy atom. The van der Waals surface area contributed by atoms with Crippen molar-refractivity contribution in [2.45, 2.75) is 154 Å². The number of unbranched alkanes of at least 4 members (excludes halogenated alkanes) is 1. The quantitative estimate of drug-likeness (QED) is 0.169. The number of fused-ring (bicyclic) bond motifs is 4. The van der Waals surface area contributed by atoms with Crippen molar-refractivity contribution in [3.8, 4) is 5.75 Å². The lowest BCUT2D eigenvalue weighted by atomic mass is 9.73. The van der Waals surface area contributed by atoms with Crippen LogP contribution in [0.4, 0.5) is 0 Å². The van der Waals surface area contributed by atoms with Gasteiger partial charge in [0.2, 0.25) is 0 Å². The van der Waals surface area contributed by atoms with Crippen molar-refractivity contribution in [1.82, 2.24) is 9.97 Å². The van der Waals surface area contributed by atoms with Gasteiger partial charge in [-0.1, -0.05) is 164 Å². The molecule has 0 radical (unpaired) electrons. The van der Waals surface area contributed by atoms with Gasteiger partial charge in [0.25, 0.3) is 0 Å². The van der Waals surface area contributed by atoms with E-state index in [9.17, 15) is 5.11 Å². The van der Waals surface area contributed by atoms with Crippen molar-refractivity contribution in [2.75, 3.05) is 0 Å². The van der Waals surface area contributed by atoms with E-state index in [2.05, 4.69) is 166 Å². The van der Waals surface area contributed by atoms with Crippen LogP contribution in [0.3, 0.4) is 0 Å². The van der Waals surface area contributed by atoms with Crippen LogP contribution in [0, 0.1) is 27.1 Å². The normalized spacial score (nSPS) is 18.8. The van der Waals surface area contributed by atoms with Crippen molar-refractivity contribution in [3.63, 3.8) is 0 Å². The molecule has 0 unspecified atom stereocenters. The molecule has 0 atom stereocenters. The van der Waals surface area contributed by atoms with E-state index in [4.69, 9.17) is 19.4 Å². The Morgan fingerprint density at radius 2 is 1.03 bits per heavy atom. The molecule has 4 aliphatic rings. The number of hydrogen-bond acceptors (Lipinski definition) is 7. The van der Waals surface area contributed by atoms with Crippen LogP contribution in [-0.2, 0) is 36.3 Å². The first kappa shape index (κ1) is 47.7. The first-order valence-corrected chi connectivity index (χ1v) is 23.6. The topological polar surface area (TPSA) is 98.6 Å². The molecular formula is C58H72N2O5. The summed E-state index contributed by atoms with van der Waals surface area (Å²) in [6.07, 6.45) is 18.2. The lowest BCUT2D eigenvalue weighted by Gasteiger charge is -2.34. The summed E-state index contributed by atoms with van der Waals surface area (Å²) in [5.74, 6) is -0.536.